The van der Waals surface area contributed by atoms with Gasteiger partial charge in [0.2, 0.25) is 0 Å². The van der Waals surface area contributed by atoms with Crippen LogP contribution in [0.5, 0.6) is 0 Å². The molecule has 1 atom stereocenters. The fraction of sp³-hybridized carbons (Fsp3) is 0.600. The molecule has 0 bridgehead atoms. The van der Waals surface area contributed by atoms with Crippen molar-refractivity contribution in [3.05, 3.63) is 20.6 Å². The van der Waals surface area contributed by atoms with E-state index >= 15 is 0 Å². The number of hydrogen-bond acceptors (Lipinski definition) is 4. The molecule has 0 radical (unpaired) electrons. The van der Waals surface area contributed by atoms with Crippen LogP contribution >= 0.6 is 51.7 Å². The summed E-state index contributed by atoms with van der Waals surface area (Å²) >= 11 is 12.7. The minimum Gasteiger partial charge on any atom is -0.345 e. The van der Waals surface area contributed by atoms with Crippen molar-refractivity contribution < 1.29 is 0 Å². The maximum atomic E-state index is 5.27. The molecule has 2 heterocycles. The Morgan fingerprint density at radius 2 is 2.38 bits per heavy atom. The van der Waals surface area contributed by atoms with Crippen molar-refractivity contribution in [1.82, 2.24) is 9.97 Å². The minimum atomic E-state index is 0.471. The lowest BCUT2D eigenvalue weighted by Gasteiger charge is -2.20. The highest BCUT2D eigenvalue weighted by Gasteiger charge is 2.19. The third kappa shape index (κ3) is 2.83. The maximum absolute atomic E-state index is 5.27. The Morgan fingerprint density at radius 1 is 1.56 bits per heavy atom. The Balaban J connectivity index is 2.33. The second-order valence-corrected chi connectivity index (χ2v) is 7.15. The topological polar surface area (TPSA) is 28.7 Å². The number of thioether (sulfide) groups is 2. The molecule has 0 aromatic carbocycles. The van der Waals surface area contributed by atoms with Crippen LogP contribution in [0.1, 0.15) is 23.7 Å². The maximum Gasteiger partial charge on any atom is 0.144 e. The van der Waals surface area contributed by atoms with E-state index in [0.29, 0.717) is 9.89 Å². The molecule has 1 aromatic heterocycles. The van der Waals surface area contributed by atoms with Gasteiger partial charge in [0, 0.05) is 23.0 Å². The monoisotopic (exact) mass is 336 g/mol. The van der Waals surface area contributed by atoms with Crippen molar-refractivity contribution in [3.63, 3.8) is 0 Å². The molecule has 1 aliphatic rings. The Hall–Kier alpha value is 0.480. The zero-order chi connectivity index (χ0) is 11.5. The summed E-state index contributed by atoms with van der Waals surface area (Å²) in [6, 6.07) is 0. The molecule has 1 unspecified atom stereocenters. The summed E-state index contributed by atoms with van der Waals surface area (Å²) in [6.07, 6.45) is 0.949. The van der Waals surface area contributed by atoms with Gasteiger partial charge < -0.3 is 4.98 Å². The molecule has 1 saturated heterocycles. The van der Waals surface area contributed by atoms with Gasteiger partial charge in [-0.05, 0) is 22.4 Å². The standard InChI is InChI=1S/C10H13BrN2S3/c1-2-6-8(11)10(14)13-9(12-6)7-5-15-3-4-16-7/h7H,2-5H2,1H3,(H,12,13,14). The lowest BCUT2D eigenvalue weighted by molar-refractivity contribution is 0.863. The van der Waals surface area contributed by atoms with Crippen LogP contribution in [-0.4, -0.2) is 27.2 Å². The van der Waals surface area contributed by atoms with E-state index in [1.54, 1.807) is 0 Å². The number of nitrogens with one attached hydrogen (secondary N) is 1. The number of H-pyrrole nitrogens is 1. The van der Waals surface area contributed by atoms with Crippen LogP contribution in [0.15, 0.2) is 4.47 Å². The van der Waals surface area contributed by atoms with Crippen LogP contribution in [0.2, 0.25) is 0 Å². The van der Waals surface area contributed by atoms with Crippen LogP contribution in [0, 0.1) is 4.64 Å². The highest BCUT2D eigenvalue weighted by Crippen LogP contribution is 2.35. The first-order valence-corrected chi connectivity index (χ1v) is 8.60. The number of aryl methyl sites for hydroxylation is 1. The summed E-state index contributed by atoms with van der Waals surface area (Å²) in [7, 11) is 0. The van der Waals surface area contributed by atoms with Gasteiger partial charge in [-0.25, -0.2) is 4.98 Å². The van der Waals surface area contributed by atoms with Gasteiger partial charge in [-0.15, -0.1) is 11.8 Å². The van der Waals surface area contributed by atoms with Crippen LogP contribution < -0.4 is 0 Å². The van der Waals surface area contributed by atoms with E-state index in [-0.39, 0.29) is 0 Å². The second-order valence-electron chi connectivity index (χ2n) is 3.51. The molecule has 1 fully saturated rings. The quantitative estimate of drug-likeness (QED) is 0.827. The summed E-state index contributed by atoms with van der Waals surface area (Å²) in [6.45, 7) is 2.12. The van der Waals surface area contributed by atoms with Gasteiger partial charge in [-0.3, -0.25) is 0 Å². The molecule has 1 N–H and O–H groups in total. The van der Waals surface area contributed by atoms with Crippen molar-refractivity contribution >= 4 is 51.7 Å². The Labute approximate surface area is 118 Å². The zero-order valence-corrected chi connectivity index (χ0v) is 13.0. The van der Waals surface area contributed by atoms with E-state index in [4.69, 9.17) is 12.2 Å². The van der Waals surface area contributed by atoms with E-state index in [9.17, 15) is 0 Å². The molecule has 6 heteroatoms. The molecule has 0 aliphatic carbocycles. The van der Waals surface area contributed by atoms with Crippen molar-refractivity contribution in [2.45, 2.75) is 18.6 Å². The Bertz CT molecular complexity index is 427. The molecule has 2 nitrogen and oxygen atoms in total. The summed E-state index contributed by atoms with van der Waals surface area (Å²) in [4.78, 5) is 7.90. The third-order valence-electron chi connectivity index (χ3n) is 2.43. The van der Waals surface area contributed by atoms with E-state index in [1.165, 1.54) is 11.5 Å². The highest BCUT2D eigenvalue weighted by atomic mass is 79.9. The molecular weight excluding hydrogens is 324 g/mol. The van der Waals surface area contributed by atoms with Gasteiger partial charge >= 0.3 is 0 Å². The molecule has 88 valence electrons. The molecule has 1 aromatic rings. The largest absolute Gasteiger partial charge is 0.345 e. The number of aromatic amines is 1. The summed E-state index contributed by atoms with van der Waals surface area (Å²) in [5.41, 5.74) is 1.16. The number of hydrogen-bond donors (Lipinski definition) is 1. The predicted octanol–water partition coefficient (Wildman–Crippen LogP) is 3.99. The summed E-state index contributed by atoms with van der Waals surface area (Å²) in [5, 5.41) is 0.471. The highest BCUT2D eigenvalue weighted by molar-refractivity contribution is 9.10. The van der Waals surface area contributed by atoms with Crippen LogP contribution in [0.3, 0.4) is 0 Å². The second kappa shape index (κ2) is 5.89. The lowest BCUT2D eigenvalue weighted by atomic mass is 10.3. The van der Waals surface area contributed by atoms with Crippen LogP contribution in [-0.2, 0) is 6.42 Å². The van der Waals surface area contributed by atoms with E-state index < -0.39 is 0 Å². The summed E-state index contributed by atoms with van der Waals surface area (Å²) < 4.78 is 1.63. The fourth-order valence-corrected chi connectivity index (χ4v) is 4.88. The average Bonchev–Trinajstić information content (AvgIpc) is 2.33. The fourth-order valence-electron chi connectivity index (χ4n) is 1.57. The average molecular weight is 337 g/mol. The van der Waals surface area contributed by atoms with Crippen LogP contribution in [0.25, 0.3) is 0 Å². The van der Waals surface area contributed by atoms with E-state index in [2.05, 4.69) is 32.8 Å². The molecular formula is C10H13BrN2S3. The SMILES string of the molecule is CCc1[nH]c(C2CSCCS2)nc(=S)c1Br. The summed E-state index contributed by atoms with van der Waals surface area (Å²) in [5.74, 6) is 4.63. The zero-order valence-electron chi connectivity index (χ0n) is 8.96. The molecule has 2 rings (SSSR count). The van der Waals surface area contributed by atoms with Gasteiger partial charge in [0.1, 0.15) is 10.5 Å². The number of nitrogens with zero attached hydrogens (tertiary/aromatic N) is 1. The smallest absolute Gasteiger partial charge is 0.144 e. The number of rotatable bonds is 2. The van der Waals surface area contributed by atoms with Crippen molar-refractivity contribution in [2.75, 3.05) is 17.3 Å². The Kier molecular flexibility index (Phi) is 4.76. The van der Waals surface area contributed by atoms with Crippen molar-refractivity contribution in [1.29, 1.82) is 0 Å². The lowest BCUT2D eigenvalue weighted by Crippen LogP contribution is -2.11. The molecule has 1 aliphatic heterocycles. The van der Waals surface area contributed by atoms with Gasteiger partial charge in [0.25, 0.3) is 0 Å². The number of aromatic nitrogens is 2. The first-order chi connectivity index (χ1) is 7.72. The minimum absolute atomic E-state index is 0.471. The van der Waals surface area contributed by atoms with Crippen molar-refractivity contribution in [2.24, 2.45) is 0 Å². The van der Waals surface area contributed by atoms with Gasteiger partial charge in [-0.2, -0.15) is 11.8 Å². The van der Waals surface area contributed by atoms with Gasteiger partial charge in [0.15, 0.2) is 0 Å². The van der Waals surface area contributed by atoms with Gasteiger partial charge in [0.05, 0.1) is 9.72 Å². The van der Waals surface area contributed by atoms with E-state index in [1.807, 2.05) is 23.5 Å². The van der Waals surface area contributed by atoms with Crippen molar-refractivity contribution in [3.8, 4) is 0 Å². The third-order valence-corrected chi connectivity index (χ3v) is 6.60. The normalized spacial score (nSPS) is 21.0. The molecule has 0 amide bonds. The number of halogens is 1. The Morgan fingerprint density at radius 3 is 3.00 bits per heavy atom. The first kappa shape index (κ1) is 12.9. The van der Waals surface area contributed by atoms with E-state index in [0.717, 1.165) is 28.2 Å². The predicted molar refractivity (Wildman–Crippen MR) is 79.0 cm³/mol. The van der Waals surface area contributed by atoms with Crippen LogP contribution in [0.4, 0.5) is 0 Å². The molecule has 0 saturated carbocycles. The molecule has 16 heavy (non-hydrogen) atoms. The first-order valence-electron chi connectivity index (χ1n) is 5.20. The van der Waals surface area contributed by atoms with Gasteiger partial charge in [-0.1, -0.05) is 19.1 Å². The molecule has 0 spiro atoms.